The Morgan fingerprint density at radius 3 is 2.84 bits per heavy atom. The van der Waals surface area contributed by atoms with Crippen molar-refractivity contribution in [1.29, 1.82) is 0 Å². The first kappa shape index (κ1) is 31.0. The maximum Gasteiger partial charge on any atom is 0.181 e. The number of aryl methyl sites for hydroxylation is 1. The van der Waals surface area contributed by atoms with Crippen LogP contribution in [0.3, 0.4) is 0 Å². The van der Waals surface area contributed by atoms with Crippen molar-refractivity contribution in [1.82, 2.24) is 14.9 Å². The number of fused-ring (bicyclic) bond motifs is 1. The number of Topliss-reactive ketones (excluding diaryl/α,β-unsaturated/α-hetero) is 1. The van der Waals surface area contributed by atoms with Crippen LogP contribution >= 0.6 is 0 Å². The predicted molar refractivity (Wildman–Crippen MR) is 166 cm³/mol. The molecule has 2 aliphatic rings. The van der Waals surface area contributed by atoms with Gasteiger partial charge in [-0.05, 0) is 80.8 Å². The number of aliphatic hydroxyl groups excluding tert-OH is 1. The molecule has 0 bridgehead atoms. The van der Waals surface area contributed by atoms with Gasteiger partial charge in [0.15, 0.2) is 17.9 Å². The minimum atomic E-state index is -0.586. The number of hydrogen-bond acceptors (Lipinski definition) is 10. The fourth-order valence-corrected chi connectivity index (χ4v) is 5.68. The highest BCUT2D eigenvalue weighted by molar-refractivity contribution is 5.97. The normalized spacial score (nSPS) is 15.9. The summed E-state index contributed by atoms with van der Waals surface area (Å²) in [4.78, 5) is 26.4. The number of β-amino-alcohol motifs (C(OH)–C–C–N with tert-alkyl or cyclic N) is 1. The van der Waals surface area contributed by atoms with Crippen LogP contribution in [-0.4, -0.2) is 78.3 Å². The Hall–Kier alpha value is -3.47. The number of nitrogens with one attached hydrogen (secondary N) is 1. The minimum absolute atomic E-state index is 0.0205. The predicted octanol–water partition coefficient (Wildman–Crippen LogP) is 4.69. The van der Waals surface area contributed by atoms with Gasteiger partial charge in [0.25, 0.3) is 0 Å². The highest BCUT2D eigenvalue weighted by Crippen LogP contribution is 2.30. The molecule has 1 atom stereocenters. The molecule has 2 N–H and O–H groups in total. The molecule has 10 nitrogen and oxygen atoms in total. The van der Waals surface area contributed by atoms with E-state index in [1.54, 1.807) is 7.11 Å². The van der Waals surface area contributed by atoms with Crippen LogP contribution in [0.15, 0.2) is 35.1 Å². The molecule has 0 amide bonds. The number of carbonyl (C=O) groups is 1. The number of aromatic nitrogens is 2. The van der Waals surface area contributed by atoms with E-state index >= 15 is 0 Å². The number of aliphatic hydroxyl groups is 1. The lowest BCUT2D eigenvalue weighted by Crippen LogP contribution is -2.37. The lowest BCUT2D eigenvalue weighted by atomic mass is 9.93. The molecule has 1 aliphatic carbocycles. The monoisotopic (exact) mass is 591 g/mol. The van der Waals surface area contributed by atoms with Gasteiger partial charge in [0.05, 0.1) is 18.4 Å². The Morgan fingerprint density at radius 1 is 1.28 bits per heavy atom. The first-order valence-electron chi connectivity index (χ1n) is 15.4. The Balaban J connectivity index is 1.15. The molecule has 3 aromatic rings. The molecular formula is C33H45N5O5. The van der Waals surface area contributed by atoms with Crippen LogP contribution in [0.5, 0.6) is 5.75 Å². The smallest absolute Gasteiger partial charge is 0.181 e. The van der Waals surface area contributed by atoms with E-state index < -0.39 is 6.10 Å². The number of nitrogens with zero attached hydrogens (tertiary/aromatic N) is 4. The number of rotatable bonds is 15. The highest BCUT2D eigenvalue weighted by Gasteiger charge is 2.23. The summed E-state index contributed by atoms with van der Waals surface area (Å²) in [7, 11) is 3.63. The number of likely N-dealkylation sites (N-methyl/N-ethyl adjacent to an activating group) is 1. The van der Waals surface area contributed by atoms with Crippen LogP contribution in [0.25, 0.3) is 0 Å². The summed E-state index contributed by atoms with van der Waals surface area (Å²) in [6.07, 6.45) is 5.91. The largest absolute Gasteiger partial charge is 0.485 e. The molecule has 0 spiro atoms. The number of hydrogen-bond donors (Lipinski definition) is 2. The average molecular weight is 592 g/mol. The van der Waals surface area contributed by atoms with E-state index in [2.05, 4.69) is 28.2 Å². The van der Waals surface area contributed by atoms with Crippen molar-refractivity contribution in [2.45, 2.75) is 77.7 Å². The summed E-state index contributed by atoms with van der Waals surface area (Å²) >= 11 is 0. The fraction of sp³-hybridized carbons (Fsp3) is 0.545. The number of benzene rings is 1. The van der Waals surface area contributed by atoms with E-state index in [0.29, 0.717) is 44.3 Å². The van der Waals surface area contributed by atoms with E-state index in [-0.39, 0.29) is 12.2 Å². The van der Waals surface area contributed by atoms with Gasteiger partial charge in [0.2, 0.25) is 0 Å². The summed E-state index contributed by atoms with van der Waals surface area (Å²) < 4.78 is 16.7. The van der Waals surface area contributed by atoms with E-state index in [1.165, 1.54) is 23.9 Å². The summed E-state index contributed by atoms with van der Waals surface area (Å²) in [6.45, 7) is 7.76. The standard InChI is InChI=1S/C33H45N5O5/c1-22-28-12-13-38(18-24(28)8-11-30(22)42-20-31-23(2)34-21-43-31)19-27(39)9-10-29(40)25-16-32(35-26-6-5-7-26)36-33(17-25)37(3)14-15-41-4/h8,11,16-17,21,26-27,39H,5-7,9-10,12-15,18-20H2,1-4H3,(H,35,36)/t27-/m0/s1. The third kappa shape index (κ3) is 7.93. The summed E-state index contributed by atoms with van der Waals surface area (Å²) in [5, 5.41) is 14.4. The topological polar surface area (TPSA) is 113 Å². The minimum Gasteiger partial charge on any atom is -0.485 e. The van der Waals surface area contributed by atoms with Crippen LogP contribution < -0.4 is 15.0 Å². The number of ether oxygens (including phenoxy) is 2. The van der Waals surface area contributed by atoms with Gasteiger partial charge >= 0.3 is 0 Å². The Bertz CT molecular complexity index is 1390. The average Bonchev–Trinajstić information content (AvgIpc) is 3.40. The molecule has 10 heteroatoms. The second-order valence-corrected chi connectivity index (χ2v) is 11.9. The Morgan fingerprint density at radius 2 is 2.12 bits per heavy atom. The molecule has 232 valence electrons. The van der Waals surface area contributed by atoms with Gasteiger partial charge in [0, 0.05) is 58.4 Å². The molecule has 1 saturated carbocycles. The number of carbonyl (C=O) groups excluding carboxylic acids is 1. The summed E-state index contributed by atoms with van der Waals surface area (Å²) in [6, 6.07) is 8.26. The SMILES string of the molecule is COCCN(C)c1cc(C(=O)CC[C@H](O)CN2CCc3c(ccc(OCc4ocnc4C)c3C)C2)cc(NC2CCC2)n1. The van der Waals surface area contributed by atoms with Gasteiger partial charge in [-0.2, -0.15) is 0 Å². The zero-order valence-electron chi connectivity index (χ0n) is 25.9. The number of oxazole rings is 1. The van der Waals surface area contributed by atoms with Crippen molar-refractivity contribution in [3.05, 3.63) is 64.4 Å². The lowest BCUT2D eigenvalue weighted by Gasteiger charge is -2.31. The Labute approximate surface area is 254 Å². The van der Waals surface area contributed by atoms with Crippen LogP contribution in [0.2, 0.25) is 0 Å². The van der Waals surface area contributed by atoms with E-state index in [9.17, 15) is 9.90 Å². The van der Waals surface area contributed by atoms with Crippen LogP contribution in [0.4, 0.5) is 11.6 Å². The molecular weight excluding hydrogens is 546 g/mol. The van der Waals surface area contributed by atoms with Gasteiger partial charge < -0.3 is 29.2 Å². The van der Waals surface area contributed by atoms with Gasteiger partial charge in [-0.25, -0.2) is 9.97 Å². The second-order valence-electron chi connectivity index (χ2n) is 11.9. The maximum absolute atomic E-state index is 13.3. The van der Waals surface area contributed by atoms with Gasteiger partial charge in [-0.1, -0.05) is 6.07 Å². The summed E-state index contributed by atoms with van der Waals surface area (Å²) in [5.74, 6) is 3.10. The van der Waals surface area contributed by atoms with Gasteiger partial charge in [-0.3, -0.25) is 9.69 Å². The van der Waals surface area contributed by atoms with Crippen molar-refractivity contribution in [3.63, 3.8) is 0 Å². The number of methoxy groups -OCH3 is 1. The van der Waals surface area contributed by atoms with Crippen molar-refractivity contribution in [2.75, 3.05) is 50.6 Å². The highest BCUT2D eigenvalue weighted by atomic mass is 16.5. The number of ketones is 1. The fourth-order valence-electron chi connectivity index (χ4n) is 5.68. The maximum atomic E-state index is 13.3. The van der Waals surface area contributed by atoms with Crippen molar-refractivity contribution in [3.8, 4) is 5.75 Å². The zero-order valence-corrected chi connectivity index (χ0v) is 25.9. The molecule has 43 heavy (non-hydrogen) atoms. The first-order valence-corrected chi connectivity index (χ1v) is 15.4. The lowest BCUT2D eigenvalue weighted by molar-refractivity contribution is 0.0836. The zero-order chi connectivity index (χ0) is 30.3. The molecule has 3 heterocycles. The molecule has 1 aromatic carbocycles. The third-order valence-corrected chi connectivity index (χ3v) is 8.71. The molecule has 0 radical (unpaired) electrons. The quantitative estimate of drug-likeness (QED) is 0.241. The molecule has 0 unspecified atom stereocenters. The third-order valence-electron chi connectivity index (χ3n) is 8.71. The molecule has 1 fully saturated rings. The molecule has 5 rings (SSSR count). The molecule has 2 aromatic heterocycles. The molecule has 0 saturated heterocycles. The number of pyridine rings is 1. The number of anilines is 2. The van der Waals surface area contributed by atoms with E-state index in [4.69, 9.17) is 18.9 Å². The van der Waals surface area contributed by atoms with Crippen molar-refractivity contribution in [2.24, 2.45) is 0 Å². The van der Waals surface area contributed by atoms with Crippen LogP contribution in [0.1, 0.15) is 70.6 Å². The summed E-state index contributed by atoms with van der Waals surface area (Å²) in [5.41, 5.74) is 5.18. The first-order chi connectivity index (χ1) is 20.8. The van der Waals surface area contributed by atoms with Crippen molar-refractivity contribution < 1.29 is 23.8 Å². The van der Waals surface area contributed by atoms with Crippen LogP contribution in [0, 0.1) is 13.8 Å². The second kappa shape index (κ2) is 14.3. The van der Waals surface area contributed by atoms with Gasteiger partial charge in [0.1, 0.15) is 24.0 Å². The Kier molecular flexibility index (Phi) is 10.3. The van der Waals surface area contributed by atoms with Crippen LogP contribution in [-0.2, 0) is 24.3 Å². The van der Waals surface area contributed by atoms with Gasteiger partial charge in [-0.15, -0.1) is 0 Å². The molecule has 1 aliphatic heterocycles. The van der Waals surface area contributed by atoms with Crippen molar-refractivity contribution >= 4 is 17.4 Å². The van der Waals surface area contributed by atoms with E-state index in [1.807, 2.05) is 37.1 Å². The van der Waals surface area contributed by atoms with E-state index in [0.717, 1.165) is 66.8 Å².